The van der Waals surface area contributed by atoms with Crippen LogP contribution in [0.3, 0.4) is 0 Å². The summed E-state index contributed by atoms with van der Waals surface area (Å²) in [4.78, 5) is 25.8. The molecule has 1 aliphatic carbocycles. The van der Waals surface area contributed by atoms with Gasteiger partial charge in [-0.25, -0.2) is 0 Å². The first kappa shape index (κ1) is 18.7. The molecule has 0 bridgehead atoms. The number of ether oxygens (including phenoxy) is 1. The largest absolute Gasteiger partial charge is 0.468 e. The molecule has 0 radical (unpaired) electrons. The molecule has 6 heteroatoms. The molecule has 28 heavy (non-hydrogen) atoms. The Bertz CT molecular complexity index is 985. The summed E-state index contributed by atoms with van der Waals surface area (Å²) >= 11 is 3.52. The molecule has 0 amide bonds. The number of carbonyl (C=O) groups excluding carboxylic acids is 2. The molecule has 1 heterocycles. The van der Waals surface area contributed by atoms with Gasteiger partial charge in [-0.05, 0) is 42.2 Å². The molecule has 0 spiro atoms. The zero-order chi connectivity index (χ0) is 19.8. The number of hydrogen-bond acceptors (Lipinski definition) is 5. The van der Waals surface area contributed by atoms with Crippen molar-refractivity contribution in [1.82, 2.24) is 0 Å². The number of halogens is 1. The third-order valence-electron chi connectivity index (χ3n) is 5.41. The second-order valence-corrected chi connectivity index (χ2v) is 8.16. The van der Waals surface area contributed by atoms with Crippen LogP contribution in [0.25, 0.3) is 0 Å². The maximum Gasteiger partial charge on any atom is 0.316 e. The molecule has 1 aliphatic heterocycles. The third-order valence-corrected chi connectivity index (χ3v) is 5.90. The van der Waals surface area contributed by atoms with Gasteiger partial charge in [-0.2, -0.15) is 0 Å². The van der Waals surface area contributed by atoms with Gasteiger partial charge in [0.25, 0.3) is 0 Å². The van der Waals surface area contributed by atoms with Crippen molar-refractivity contribution in [1.29, 1.82) is 0 Å². The highest BCUT2D eigenvalue weighted by Gasteiger charge is 2.44. The van der Waals surface area contributed by atoms with Crippen LogP contribution in [0.4, 0.5) is 11.4 Å². The van der Waals surface area contributed by atoms with E-state index < -0.39 is 11.9 Å². The average Bonchev–Trinajstić information content (AvgIpc) is 2.84. The molecule has 0 unspecified atom stereocenters. The van der Waals surface area contributed by atoms with Gasteiger partial charge < -0.3 is 15.4 Å². The van der Waals surface area contributed by atoms with E-state index in [-0.39, 0.29) is 17.7 Å². The zero-order valence-corrected chi connectivity index (χ0v) is 17.2. The van der Waals surface area contributed by atoms with Gasteiger partial charge in [0, 0.05) is 15.7 Å². The van der Waals surface area contributed by atoms with E-state index in [2.05, 4.69) is 26.6 Å². The van der Waals surface area contributed by atoms with Gasteiger partial charge in [-0.15, -0.1) is 0 Å². The second kappa shape index (κ2) is 7.43. The topological polar surface area (TPSA) is 67.4 Å². The van der Waals surface area contributed by atoms with Crippen LogP contribution >= 0.6 is 15.9 Å². The van der Waals surface area contributed by atoms with Gasteiger partial charge in [-0.3, -0.25) is 9.59 Å². The molecule has 2 N–H and O–H groups in total. The Morgan fingerprint density at radius 2 is 1.89 bits per heavy atom. The number of methoxy groups -OCH3 is 1. The highest BCUT2D eigenvalue weighted by atomic mass is 79.9. The van der Waals surface area contributed by atoms with Crippen LogP contribution in [0, 0.1) is 11.8 Å². The summed E-state index contributed by atoms with van der Waals surface area (Å²) in [5.41, 5.74) is 4.25. The van der Waals surface area contributed by atoms with Gasteiger partial charge in [0.2, 0.25) is 0 Å². The molecule has 2 aliphatic rings. The Kier molecular flexibility index (Phi) is 4.98. The summed E-state index contributed by atoms with van der Waals surface area (Å²) in [6.45, 7) is 1.92. The lowest BCUT2D eigenvalue weighted by atomic mass is 9.75. The number of hydrogen-bond donors (Lipinski definition) is 2. The standard InChI is InChI=1S/C22H21BrN2O3/c1-12-10-17-19(21(26)18(12)22(27)28-2)20(13-6-5-7-14(23)11-13)25-16-9-4-3-8-15(16)24-17/h3-9,11-12,18,20,24-25H,10H2,1-2H3/t12-,18-,20+/m1/s1. The first-order chi connectivity index (χ1) is 13.5. The van der Waals surface area contributed by atoms with E-state index in [4.69, 9.17) is 4.74 Å². The molecule has 0 fully saturated rings. The Hall–Kier alpha value is -2.60. The normalized spacial score (nSPS) is 23.7. The highest BCUT2D eigenvalue weighted by Crippen LogP contribution is 2.43. The highest BCUT2D eigenvalue weighted by molar-refractivity contribution is 9.10. The lowest BCUT2D eigenvalue weighted by Gasteiger charge is -2.32. The van der Waals surface area contributed by atoms with Crippen molar-refractivity contribution in [2.24, 2.45) is 11.8 Å². The number of Topliss-reactive ketones (excluding diaryl/α,β-unsaturated/α-hetero) is 1. The van der Waals surface area contributed by atoms with Gasteiger partial charge in [0.05, 0.1) is 24.5 Å². The fourth-order valence-electron chi connectivity index (χ4n) is 4.07. The van der Waals surface area contributed by atoms with Crippen LogP contribution in [0.5, 0.6) is 0 Å². The molecular weight excluding hydrogens is 420 g/mol. The summed E-state index contributed by atoms with van der Waals surface area (Å²) in [5.74, 6) is -1.58. The number of rotatable bonds is 2. The smallest absolute Gasteiger partial charge is 0.316 e. The molecule has 5 nitrogen and oxygen atoms in total. The molecule has 2 aromatic rings. The van der Waals surface area contributed by atoms with Crippen LogP contribution in [0.15, 0.2) is 64.3 Å². The second-order valence-electron chi connectivity index (χ2n) is 7.24. The quantitative estimate of drug-likeness (QED) is 0.524. The SMILES string of the molecule is COC(=O)[C@H]1C(=O)C2=C(C[C@H]1C)Nc1ccccc1N[C@H]2c1cccc(Br)c1. The minimum atomic E-state index is -0.789. The minimum absolute atomic E-state index is 0.139. The number of esters is 1. The van der Waals surface area contributed by atoms with Crippen molar-refractivity contribution < 1.29 is 14.3 Å². The Balaban J connectivity index is 1.88. The number of fused-ring (bicyclic) bond motifs is 1. The first-order valence-electron chi connectivity index (χ1n) is 9.22. The van der Waals surface area contributed by atoms with Crippen molar-refractivity contribution in [3.8, 4) is 0 Å². The number of ketones is 1. The molecule has 3 atom stereocenters. The average molecular weight is 441 g/mol. The third kappa shape index (κ3) is 3.22. The maximum atomic E-state index is 13.5. The summed E-state index contributed by atoms with van der Waals surface area (Å²) in [5, 5.41) is 6.96. The molecule has 2 aromatic carbocycles. The summed E-state index contributed by atoms with van der Waals surface area (Å²) in [7, 11) is 1.33. The van der Waals surface area contributed by atoms with Gasteiger partial charge >= 0.3 is 5.97 Å². The van der Waals surface area contributed by atoms with E-state index in [0.29, 0.717) is 12.0 Å². The first-order valence-corrected chi connectivity index (χ1v) is 10.0. The number of anilines is 2. The lowest BCUT2D eigenvalue weighted by molar-refractivity contribution is -0.151. The summed E-state index contributed by atoms with van der Waals surface area (Å²) < 4.78 is 5.86. The monoisotopic (exact) mass is 440 g/mol. The molecular formula is C22H21BrN2O3. The van der Waals surface area contributed by atoms with Crippen LogP contribution in [0.2, 0.25) is 0 Å². The van der Waals surface area contributed by atoms with E-state index in [1.165, 1.54) is 7.11 Å². The zero-order valence-electron chi connectivity index (χ0n) is 15.7. The number of allylic oxidation sites excluding steroid dienone is 1. The molecule has 4 rings (SSSR count). The Morgan fingerprint density at radius 1 is 1.14 bits per heavy atom. The van der Waals surface area contributed by atoms with Crippen LogP contribution < -0.4 is 10.6 Å². The maximum absolute atomic E-state index is 13.5. The van der Waals surface area contributed by atoms with E-state index in [1.807, 2.05) is 55.5 Å². The number of benzene rings is 2. The molecule has 0 saturated heterocycles. The number of nitrogens with one attached hydrogen (secondary N) is 2. The van der Waals surface area contributed by atoms with Crippen molar-refractivity contribution in [3.05, 3.63) is 69.8 Å². The predicted octanol–water partition coefficient (Wildman–Crippen LogP) is 4.68. The lowest BCUT2D eigenvalue weighted by Crippen LogP contribution is -2.39. The Morgan fingerprint density at radius 3 is 2.61 bits per heavy atom. The number of para-hydroxylation sites is 2. The van der Waals surface area contributed by atoms with Crippen molar-refractivity contribution in [2.75, 3.05) is 17.7 Å². The van der Waals surface area contributed by atoms with Gasteiger partial charge in [0.15, 0.2) is 5.78 Å². The van der Waals surface area contributed by atoms with Crippen LogP contribution in [-0.4, -0.2) is 18.9 Å². The minimum Gasteiger partial charge on any atom is -0.468 e. The fourth-order valence-corrected chi connectivity index (χ4v) is 4.49. The molecule has 0 aromatic heterocycles. The fraction of sp³-hybridized carbons (Fsp3) is 0.273. The van der Waals surface area contributed by atoms with Crippen molar-refractivity contribution in [2.45, 2.75) is 19.4 Å². The van der Waals surface area contributed by atoms with Gasteiger partial charge in [-0.1, -0.05) is 47.1 Å². The molecule has 0 saturated carbocycles. The summed E-state index contributed by atoms with van der Waals surface area (Å²) in [6.07, 6.45) is 0.599. The predicted molar refractivity (Wildman–Crippen MR) is 112 cm³/mol. The summed E-state index contributed by atoms with van der Waals surface area (Å²) in [6, 6.07) is 15.4. The van der Waals surface area contributed by atoms with Crippen LogP contribution in [0.1, 0.15) is 24.9 Å². The Labute approximate surface area is 172 Å². The number of carbonyl (C=O) groups is 2. The van der Waals surface area contributed by atoms with E-state index in [9.17, 15) is 9.59 Å². The van der Waals surface area contributed by atoms with Crippen LogP contribution in [-0.2, 0) is 14.3 Å². The van der Waals surface area contributed by atoms with Crippen molar-refractivity contribution in [3.63, 3.8) is 0 Å². The van der Waals surface area contributed by atoms with E-state index in [1.54, 1.807) is 0 Å². The molecule has 144 valence electrons. The van der Waals surface area contributed by atoms with Gasteiger partial charge in [0.1, 0.15) is 5.92 Å². The van der Waals surface area contributed by atoms with Crippen molar-refractivity contribution >= 4 is 39.1 Å². The van der Waals surface area contributed by atoms with E-state index >= 15 is 0 Å². The van der Waals surface area contributed by atoms with E-state index in [0.717, 1.165) is 27.1 Å².